The number of Topliss-reactive ketones (excluding diaryl/α,β-unsaturated/α-hetero) is 2. The number of hydrogen-bond acceptors (Lipinski definition) is 4. The van der Waals surface area contributed by atoms with Gasteiger partial charge in [0.15, 0.2) is 11.6 Å². The highest BCUT2D eigenvalue weighted by Crippen LogP contribution is 2.58. The van der Waals surface area contributed by atoms with Crippen LogP contribution >= 0.6 is 0 Å². The zero-order valence-electron chi connectivity index (χ0n) is 24.1. The highest BCUT2D eigenvalue weighted by Gasteiger charge is 2.70. The van der Waals surface area contributed by atoms with Gasteiger partial charge in [0.1, 0.15) is 11.5 Å². The van der Waals surface area contributed by atoms with Crippen molar-refractivity contribution in [2.45, 2.75) is 45.2 Å². The molecule has 0 bridgehead atoms. The minimum Gasteiger partial charge on any atom is -0.352 e. The van der Waals surface area contributed by atoms with Crippen molar-refractivity contribution in [1.29, 1.82) is 0 Å². The molecule has 0 unspecified atom stereocenters. The zero-order chi connectivity index (χ0) is 29.3. The van der Waals surface area contributed by atoms with Crippen molar-refractivity contribution < 1.29 is 14.4 Å². The second kappa shape index (κ2) is 9.38. The molecule has 0 aromatic heterocycles. The number of fused-ring (bicyclic) bond motifs is 6. The largest absolute Gasteiger partial charge is 0.352 e. The third-order valence-electron chi connectivity index (χ3n) is 9.36. The Balaban J connectivity index is 1.55. The molecule has 1 fully saturated rings. The number of para-hydroxylation sites is 1. The molecule has 4 aromatic carbocycles. The Kier molecular flexibility index (Phi) is 5.84. The summed E-state index contributed by atoms with van der Waals surface area (Å²) in [6, 6.07) is 27.3. The Hall–Kier alpha value is -4.77. The Morgan fingerprint density at radius 1 is 0.738 bits per heavy atom. The molecule has 0 aliphatic carbocycles. The summed E-state index contributed by atoms with van der Waals surface area (Å²) in [6.07, 6.45) is 2.10. The highest BCUT2D eigenvalue weighted by molar-refractivity contribution is 6.18. The van der Waals surface area contributed by atoms with Crippen LogP contribution in [-0.4, -0.2) is 29.6 Å². The maximum Gasteiger partial charge on any atom is 0.238 e. The number of hydrogen-bond donors (Lipinski definition) is 1. The van der Waals surface area contributed by atoms with Gasteiger partial charge in [-0.2, -0.15) is 0 Å². The lowest BCUT2D eigenvalue weighted by atomic mass is 9.64. The molecule has 42 heavy (non-hydrogen) atoms. The van der Waals surface area contributed by atoms with Gasteiger partial charge >= 0.3 is 0 Å². The van der Waals surface area contributed by atoms with Crippen molar-refractivity contribution in [3.63, 3.8) is 0 Å². The fraction of sp³-hybridized carbons (Fsp3) is 0.216. The molecule has 0 radical (unpaired) electrons. The average Bonchev–Trinajstić information content (AvgIpc) is 3.45. The number of aryl methyl sites for hydroxylation is 3. The van der Waals surface area contributed by atoms with Crippen LogP contribution in [0.15, 0.2) is 97.1 Å². The SMILES string of the molecule is CC1=C[C@H]2N(c3ccc(C)cc31)[C@H](C(=O)c1ccc(C)cc1)[C@@H](C(=O)c1ccc(C)cc1)[C@@]21C(=O)Nc2ccccc21. The fourth-order valence-corrected chi connectivity index (χ4v) is 7.33. The van der Waals surface area contributed by atoms with Crippen molar-refractivity contribution in [2.24, 2.45) is 5.92 Å². The van der Waals surface area contributed by atoms with E-state index in [0.29, 0.717) is 16.8 Å². The molecule has 0 saturated carbocycles. The second-order valence-electron chi connectivity index (χ2n) is 12.0. The summed E-state index contributed by atoms with van der Waals surface area (Å²) in [5, 5.41) is 3.10. The lowest BCUT2D eigenvalue weighted by Gasteiger charge is -2.39. The molecule has 1 N–H and O–H groups in total. The van der Waals surface area contributed by atoms with Crippen molar-refractivity contribution in [1.82, 2.24) is 0 Å². The summed E-state index contributed by atoms with van der Waals surface area (Å²) in [6.45, 7) is 8.05. The van der Waals surface area contributed by atoms with Crippen molar-refractivity contribution in [3.8, 4) is 0 Å². The first-order chi connectivity index (χ1) is 20.2. The minimum absolute atomic E-state index is 0.168. The summed E-state index contributed by atoms with van der Waals surface area (Å²) >= 11 is 0. The Labute approximate surface area is 245 Å². The van der Waals surface area contributed by atoms with E-state index in [1.165, 1.54) is 0 Å². The monoisotopic (exact) mass is 552 g/mol. The molecular formula is C37H32N2O3. The number of amides is 1. The highest BCUT2D eigenvalue weighted by atomic mass is 16.2. The van der Waals surface area contributed by atoms with E-state index < -0.39 is 23.4 Å². The van der Waals surface area contributed by atoms with Gasteiger partial charge in [0.25, 0.3) is 0 Å². The minimum atomic E-state index is -1.31. The predicted octanol–water partition coefficient (Wildman–Crippen LogP) is 6.86. The number of nitrogens with zero attached hydrogens (tertiary/aromatic N) is 1. The van der Waals surface area contributed by atoms with Crippen LogP contribution < -0.4 is 10.2 Å². The van der Waals surface area contributed by atoms with E-state index in [2.05, 4.69) is 22.4 Å². The zero-order valence-corrected chi connectivity index (χ0v) is 24.1. The Morgan fingerprint density at radius 3 is 2.00 bits per heavy atom. The van der Waals surface area contributed by atoms with Gasteiger partial charge in [-0.25, -0.2) is 0 Å². The molecule has 1 spiro atoms. The molecule has 208 valence electrons. The number of rotatable bonds is 4. The first-order valence-electron chi connectivity index (χ1n) is 14.4. The number of carbonyl (C=O) groups excluding carboxylic acids is 3. The van der Waals surface area contributed by atoms with Crippen molar-refractivity contribution in [3.05, 3.63) is 136 Å². The summed E-state index contributed by atoms with van der Waals surface area (Å²) in [7, 11) is 0. The summed E-state index contributed by atoms with van der Waals surface area (Å²) in [5.74, 6) is -1.60. The van der Waals surface area contributed by atoms with Gasteiger partial charge in [-0.05, 0) is 57.0 Å². The average molecular weight is 553 g/mol. The summed E-state index contributed by atoms with van der Waals surface area (Å²) in [5.41, 5.74) is 7.23. The third kappa shape index (κ3) is 3.59. The normalized spacial score (nSPS) is 23.6. The van der Waals surface area contributed by atoms with Gasteiger partial charge in [-0.3, -0.25) is 14.4 Å². The van der Waals surface area contributed by atoms with E-state index in [0.717, 1.165) is 39.1 Å². The number of anilines is 2. The molecular weight excluding hydrogens is 520 g/mol. The van der Waals surface area contributed by atoms with E-state index >= 15 is 0 Å². The van der Waals surface area contributed by atoms with E-state index in [9.17, 15) is 14.4 Å². The molecule has 1 amide bonds. The van der Waals surface area contributed by atoms with Crippen LogP contribution in [-0.2, 0) is 10.2 Å². The molecule has 5 heteroatoms. The van der Waals surface area contributed by atoms with Crippen LogP contribution in [0.2, 0.25) is 0 Å². The van der Waals surface area contributed by atoms with Crippen LogP contribution in [0.25, 0.3) is 5.57 Å². The van der Waals surface area contributed by atoms with Gasteiger partial charge < -0.3 is 10.2 Å². The first kappa shape index (κ1) is 26.1. The number of ketones is 2. The second-order valence-corrected chi connectivity index (χ2v) is 12.0. The van der Waals surface area contributed by atoms with Gasteiger partial charge in [0.05, 0.1) is 12.0 Å². The molecule has 1 saturated heterocycles. The number of carbonyl (C=O) groups is 3. The maximum absolute atomic E-state index is 14.9. The molecule has 3 aliphatic rings. The molecule has 7 rings (SSSR count). The lowest BCUT2D eigenvalue weighted by Crippen LogP contribution is -2.51. The fourth-order valence-electron chi connectivity index (χ4n) is 7.33. The summed E-state index contributed by atoms with van der Waals surface area (Å²) < 4.78 is 0. The first-order valence-corrected chi connectivity index (χ1v) is 14.4. The molecule has 3 aliphatic heterocycles. The molecule has 5 nitrogen and oxygen atoms in total. The number of nitrogens with one attached hydrogen (secondary N) is 1. The third-order valence-corrected chi connectivity index (χ3v) is 9.36. The van der Waals surface area contributed by atoms with Crippen molar-refractivity contribution >= 4 is 34.4 Å². The smallest absolute Gasteiger partial charge is 0.238 e. The van der Waals surface area contributed by atoms with E-state index in [1.807, 2.05) is 113 Å². The summed E-state index contributed by atoms with van der Waals surface area (Å²) in [4.78, 5) is 46.2. The standard InChI is InChI=1S/C37H32N2O3/c1-21-9-14-25(15-10-21)34(40)32-33(35(41)26-16-11-22(2)12-17-26)39-30-18-13-23(3)19-27(30)24(4)20-31(39)37(32)28-7-5-6-8-29(28)38-36(37)42/h5-20,31-33H,1-4H3,(H,38,42)/t31-,32+,33+,37+/m1/s1. The Bertz CT molecular complexity index is 1820. The van der Waals surface area contributed by atoms with Crippen molar-refractivity contribution in [2.75, 3.05) is 10.2 Å². The van der Waals surface area contributed by atoms with Crippen LogP contribution in [0.1, 0.15) is 55.5 Å². The number of benzene rings is 4. The van der Waals surface area contributed by atoms with Gasteiger partial charge in [-0.1, -0.05) is 95.6 Å². The van der Waals surface area contributed by atoms with E-state index in [1.54, 1.807) is 0 Å². The number of allylic oxidation sites excluding steroid dienone is 1. The quantitative estimate of drug-likeness (QED) is 0.281. The van der Waals surface area contributed by atoms with Crippen LogP contribution in [0.4, 0.5) is 11.4 Å². The molecule has 3 heterocycles. The lowest BCUT2D eigenvalue weighted by molar-refractivity contribution is -0.121. The van der Waals surface area contributed by atoms with E-state index in [-0.39, 0.29) is 17.5 Å². The van der Waals surface area contributed by atoms with Gasteiger partial charge in [0, 0.05) is 28.1 Å². The van der Waals surface area contributed by atoms with Gasteiger partial charge in [-0.15, -0.1) is 0 Å². The van der Waals surface area contributed by atoms with Gasteiger partial charge in [0.2, 0.25) is 5.91 Å². The van der Waals surface area contributed by atoms with Crippen LogP contribution in [0.5, 0.6) is 0 Å². The predicted molar refractivity (Wildman–Crippen MR) is 166 cm³/mol. The van der Waals surface area contributed by atoms with Crippen LogP contribution in [0.3, 0.4) is 0 Å². The maximum atomic E-state index is 14.9. The molecule has 4 aromatic rings. The van der Waals surface area contributed by atoms with E-state index in [4.69, 9.17) is 0 Å². The molecule has 4 atom stereocenters. The van der Waals surface area contributed by atoms with Crippen LogP contribution in [0, 0.1) is 26.7 Å². The Morgan fingerprint density at radius 2 is 1.33 bits per heavy atom. The topological polar surface area (TPSA) is 66.5 Å².